The smallest absolute Gasteiger partial charge is 0.0155 e. The summed E-state index contributed by atoms with van der Waals surface area (Å²) >= 11 is 0. The molecule has 0 amide bonds. The Morgan fingerprint density at radius 2 is 0.800 bits per heavy atom. The van der Waals surface area contributed by atoms with Crippen LogP contribution in [0.5, 0.6) is 0 Å². The topological polar surface area (TPSA) is 0 Å². The zero-order valence-corrected chi connectivity index (χ0v) is 11.9. The second-order valence-corrected chi connectivity index (χ2v) is 5.21. The molecule has 0 spiro atoms. The summed E-state index contributed by atoms with van der Waals surface area (Å²) in [5, 5.41) is 0. The van der Waals surface area contributed by atoms with Gasteiger partial charge in [-0.1, -0.05) is 72.8 Å². The van der Waals surface area contributed by atoms with E-state index in [2.05, 4.69) is 86.6 Å². The molecule has 0 saturated carbocycles. The minimum Gasteiger partial charge on any atom is -0.0620 e. The second-order valence-electron chi connectivity index (χ2n) is 5.21. The van der Waals surface area contributed by atoms with Gasteiger partial charge in [-0.15, -0.1) is 0 Å². The summed E-state index contributed by atoms with van der Waals surface area (Å²) in [5.41, 5.74) is 7.81. The summed E-state index contributed by atoms with van der Waals surface area (Å²) < 4.78 is 0. The highest BCUT2D eigenvalue weighted by Crippen LogP contribution is 2.28. The summed E-state index contributed by atoms with van der Waals surface area (Å²) in [6.07, 6.45) is 0. The van der Waals surface area contributed by atoms with Crippen molar-refractivity contribution in [3.63, 3.8) is 0 Å². The molecule has 0 atom stereocenters. The molecule has 0 heterocycles. The van der Waals surface area contributed by atoms with Crippen molar-refractivity contribution in [1.82, 2.24) is 0 Å². The second kappa shape index (κ2) is 5.34. The van der Waals surface area contributed by atoms with Gasteiger partial charge in [0.1, 0.15) is 0 Å². The van der Waals surface area contributed by atoms with Gasteiger partial charge in [-0.3, -0.25) is 0 Å². The monoisotopic (exact) mass is 258 g/mol. The van der Waals surface area contributed by atoms with E-state index in [0.717, 1.165) is 0 Å². The van der Waals surface area contributed by atoms with E-state index >= 15 is 0 Å². The fourth-order valence-corrected chi connectivity index (χ4v) is 2.62. The van der Waals surface area contributed by atoms with E-state index in [-0.39, 0.29) is 0 Å². The van der Waals surface area contributed by atoms with Crippen LogP contribution in [0.1, 0.15) is 11.1 Å². The molecule has 0 saturated heterocycles. The molecule has 0 heteroatoms. The molecule has 0 bridgehead atoms. The zero-order valence-electron chi connectivity index (χ0n) is 11.9. The zero-order chi connectivity index (χ0) is 13.9. The normalized spacial score (nSPS) is 10.5. The lowest BCUT2D eigenvalue weighted by Gasteiger charge is -2.09. The maximum atomic E-state index is 2.21. The molecule has 98 valence electrons. The lowest BCUT2D eigenvalue weighted by molar-refractivity contribution is 1.44. The first kappa shape index (κ1) is 12.7. The Balaban J connectivity index is 2.01. The van der Waals surface area contributed by atoms with Crippen molar-refractivity contribution >= 4 is 0 Å². The number of hydrogen-bond acceptors (Lipinski definition) is 0. The fraction of sp³-hybridized carbons (Fsp3) is 0.100. The van der Waals surface area contributed by atoms with Gasteiger partial charge in [-0.25, -0.2) is 0 Å². The van der Waals surface area contributed by atoms with Crippen LogP contribution in [0.3, 0.4) is 0 Å². The Morgan fingerprint density at radius 3 is 1.15 bits per heavy atom. The standard InChI is InChI=1S/C20H18/c1-15-7-3-5-9-19(15)17-11-13-18(14-12-17)20-10-6-4-8-16(20)2/h3-14H,1-2H3. The van der Waals surface area contributed by atoms with E-state index in [9.17, 15) is 0 Å². The lowest BCUT2D eigenvalue weighted by Crippen LogP contribution is -1.85. The minimum atomic E-state index is 1.28. The number of aryl methyl sites for hydroxylation is 2. The fourth-order valence-electron chi connectivity index (χ4n) is 2.62. The van der Waals surface area contributed by atoms with Crippen LogP contribution in [-0.2, 0) is 0 Å². The summed E-state index contributed by atoms with van der Waals surface area (Å²) in [6.45, 7) is 4.31. The number of benzene rings is 3. The van der Waals surface area contributed by atoms with Gasteiger partial charge in [0.25, 0.3) is 0 Å². The molecule has 20 heavy (non-hydrogen) atoms. The summed E-state index contributed by atoms with van der Waals surface area (Å²) in [6, 6.07) is 25.9. The summed E-state index contributed by atoms with van der Waals surface area (Å²) in [7, 11) is 0. The molecule has 3 rings (SSSR count). The third-order valence-electron chi connectivity index (χ3n) is 3.80. The molecule has 0 unspecified atom stereocenters. The van der Waals surface area contributed by atoms with Gasteiger partial charge in [-0.2, -0.15) is 0 Å². The van der Waals surface area contributed by atoms with Crippen molar-refractivity contribution in [1.29, 1.82) is 0 Å². The van der Waals surface area contributed by atoms with Gasteiger partial charge < -0.3 is 0 Å². The van der Waals surface area contributed by atoms with Crippen molar-refractivity contribution in [2.45, 2.75) is 13.8 Å². The highest BCUT2D eigenvalue weighted by atomic mass is 14.1. The number of hydrogen-bond donors (Lipinski definition) is 0. The molecule has 0 aromatic heterocycles. The quantitative estimate of drug-likeness (QED) is 0.558. The number of rotatable bonds is 2. The van der Waals surface area contributed by atoms with E-state index < -0.39 is 0 Å². The third-order valence-corrected chi connectivity index (χ3v) is 3.80. The van der Waals surface area contributed by atoms with E-state index in [1.165, 1.54) is 33.4 Å². The minimum absolute atomic E-state index is 1.28. The predicted octanol–water partition coefficient (Wildman–Crippen LogP) is 5.64. The highest BCUT2D eigenvalue weighted by molar-refractivity contribution is 5.73. The average molecular weight is 258 g/mol. The molecule has 0 N–H and O–H groups in total. The van der Waals surface area contributed by atoms with Gasteiger partial charge >= 0.3 is 0 Å². The first-order chi connectivity index (χ1) is 9.75. The van der Waals surface area contributed by atoms with E-state index in [4.69, 9.17) is 0 Å². The molecule has 0 radical (unpaired) electrons. The third kappa shape index (κ3) is 2.37. The summed E-state index contributed by atoms with van der Waals surface area (Å²) in [5.74, 6) is 0. The Kier molecular flexibility index (Phi) is 3.39. The molecule has 0 aliphatic carbocycles. The Bertz CT molecular complexity index is 657. The van der Waals surface area contributed by atoms with Crippen LogP contribution in [0.15, 0.2) is 72.8 Å². The molecule has 3 aromatic carbocycles. The van der Waals surface area contributed by atoms with Crippen molar-refractivity contribution in [3.05, 3.63) is 83.9 Å². The van der Waals surface area contributed by atoms with E-state index in [0.29, 0.717) is 0 Å². The Morgan fingerprint density at radius 1 is 0.450 bits per heavy atom. The van der Waals surface area contributed by atoms with Gasteiger partial charge in [-0.05, 0) is 47.2 Å². The van der Waals surface area contributed by atoms with Crippen LogP contribution in [0.25, 0.3) is 22.3 Å². The molecule has 3 aromatic rings. The first-order valence-corrected chi connectivity index (χ1v) is 6.98. The van der Waals surface area contributed by atoms with E-state index in [1.54, 1.807) is 0 Å². The molecule has 0 aliphatic heterocycles. The lowest BCUT2D eigenvalue weighted by atomic mass is 9.96. The van der Waals surface area contributed by atoms with Gasteiger partial charge in [0.2, 0.25) is 0 Å². The average Bonchev–Trinajstić information content (AvgIpc) is 2.49. The molecular formula is C20H18. The Hall–Kier alpha value is -2.34. The molecular weight excluding hydrogens is 240 g/mol. The molecule has 0 fully saturated rings. The van der Waals surface area contributed by atoms with Crippen LogP contribution >= 0.6 is 0 Å². The molecule has 0 nitrogen and oxygen atoms in total. The van der Waals surface area contributed by atoms with Gasteiger partial charge in [0.15, 0.2) is 0 Å². The van der Waals surface area contributed by atoms with Gasteiger partial charge in [0, 0.05) is 0 Å². The van der Waals surface area contributed by atoms with Crippen LogP contribution < -0.4 is 0 Å². The van der Waals surface area contributed by atoms with Crippen molar-refractivity contribution in [2.75, 3.05) is 0 Å². The van der Waals surface area contributed by atoms with Crippen molar-refractivity contribution in [3.8, 4) is 22.3 Å². The van der Waals surface area contributed by atoms with Crippen LogP contribution in [0.4, 0.5) is 0 Å². The first-order valence-electron chi connectivity index (χ1n) is 6.98. The maximum absolute atomic E-state index is 2.21. The van der Waals surface area contributed by atoms with Gasteiger partial charge in [0.05, 0.1) is 0 Å². The van der Waals surface area contributed by atoms with Crippen molar-refractivity contribution < 1.29 is 0 Å². The van der Waals surface area contributed by atoms with Crippen molar-refractivity contribution in [2.24, 2.45) is 0 Å². The predicted molar refractivity (Wildman–Crippen MR) is 86.8 cm³/mol. The molecule has 0 aliphatic rings. The largest absolute Gasteiger partial charge is 0.0620 e. The Labute approximate surface area is 120 Å². The maximum Gasteiger partial charge on any atom is -0.0155 e. The van der Waals surface area contributed by atoms with E-state index in [1.807, 2.05) is 0 Å². The highest BCUT2D eigenvalue weighted by Gasteiger charge is 2.03. The van der Waals surface area contributed by atoms with Crippen LogP contribution in [0, 0.1) is 13.8 Å². The SMILES string of the molecule is Cc1ccccc1-c1ccc(-c2ccccc2C)cc1. The van der Waals surface area contributed by atoms with Crippen LogP contribution in [-0.4, -0.2) is 0 Å². The van der Waals surface area contributed by atoms with Crippen LogP contribution in [0.2, 0.25) is 0 Å². The summed E-state index contributed by atoms with van der Waals surface area (Å²) in [4.78, 5) is 0.